The second-order valence-electron chi connectivity index (χ2n) is 5.68. The first-order valence-electron chi connectivity index (χ1n) is 7.91. The number of methoxy groups -OCH3 is 1. The van der Waals surface area contributed by atoms with E-state index in [1.54, 1.807) is 24.2 Å². The van der Waals surface area contributed by atoms with Gasteiger partial charge in [0.25, 0.3) is 0 Å². The summed E-state index contributed by atoms with van der Waals surface area (Å²) in [6.45, 7) is 3.24. The molecule has 0 saturated carbocycles. The highest BCUT2D eigenvalue weighted by Gasteiger charge is 2.16. The maximum absolute atomic E-state index is 12.1. The number of anilines is 1. The highest BCUT2D eigenvalue weighted by molar-refractivity contribution is 5.88. The fraction of sp³-hybridized carbons (Fsp3) is 0.412. The molecule has 7 heteroatoms. The Morgan fingerprint density at radius 1 is 1.42 bits per heavy atom. The SMILES string of the molecule is CCn1cc(NC(=O)NC[C@@H](c2cccc(OC)c2)N(C)C)cn1. The molecule has 0 aliphatic rings. The van der Waals surface area contributed by atoms with Gasteiger partial charge in [0.1, 0.15) is 5.75 Å². The second-order valence-corrected chi connectivity index (χ2v) is 5.68. The van der Waals surface area contributed by atoms with Gasteiger partial charge in [-0.15, -0.1) is 0 Å². The molecule has 7 nitrogen and oxygen atoms in total. The summed E-state index contributed by atoms with van der Waals surface area (Å²) in [4.78, 5) is 14.1. The first kappa shape index (κ1) is 17.8. The van der Waals surface area contributed by atoms with Crippen molar-refractivity contribution < 1.29 is 9.53 Å². The van der Waals surface area contributed by atoms with Gasteiger partial charge in [-0.05, 0) is 38.7 Å². The summed E-state index contributed by atoms with van der Waals surface area (Å²) in [5.41, 5.74) is 1.76. The number of likely N-dealkylation sites (N-methyl/N-ethyl adjacent to an activating group) is 1. The van der Waals surface area contributed by atoms with Crippen LogP contribution in [0.1, 0.15) is 18.5 Å². The average molecular weight is 331 g/mol. The molecule has 0 aliphatic heterocycles. The summed E-state index contributed by atoms with van der Waals surface area (Å²) in [6.07, 6.45) is 3.43. The normalized spacial score (nSPS) is 12.0. The lowest BCUT2D eigenvalue weighted by atomic mass is 10.1. The van der Waals surface area contributed by atoms with Crippen LogP contribution >= 0.6 is 0 Å². The van der Waals surface area contributed by atoms with Gasteiger partial charge in [-0.2, -0.15) is 5.10 Å². The van der Waals surface area contributed by atoms with Crippen LogP contribution in [0.5, 0.6) is 5.75 Å². The zero-order chi connectivity index (χ0) is 17.5. The molecule has 2 aromatic rings. The van der Waals surface area contributed by atoms with Crippen LogP contribution in [0.15, 0.2) is 36.7 Å². The van der Waals surface area contributed by atoms with E-state index in [1.807, 2.05) is 45.3 Å². The topological polar surface area (TPSA) is 71.4 Å². The molecule has 0 bridgehead atoms. The maximum Gasteiger partial charge on any atom is 0.319 e. The van der Waals surface area contributed by atoms with Crippen LogP contribution in [0.2, 0.25) is 0 Å². The van der Waals surface area contributed by atoms with E-state index in [0.717, 1.165) is 17.9 Å². The lowest BCUT2D eigenvalue weighted by Crippen LogP contribution is -2.36. The van der Waals surface area contributed by atoms with Crippen molar-refractivity contribution in [3.63, 3.8) is 0 Å². The van der Waals surface area contributed by atoms with Crippen LogP contribution in [-0.2, 0) is 6.54 Å². The Bertz CT molecular complexity index is 669. The van der Waals surface area contributed by atoms with Gasteiger partial charge in [-0.3, -0.25) is 4.68 Å². The van der Waals surface area contributed by atoms with Crippen molar-refractivity contribution in [3.05, 3.63) is 42.2 Å². The number of nitrogens with one attached hydrogen (secondary N) is 2. The van der Waals surface area contributed by atoms with Gasteiger partial charge in [0, 0.05) is 19.3 Å². The van der Waals surface area contributed by atoms with Gasteiger partial charge in [-0.25, -0.2) is 4.79 Å². The summed E-state index contributed by atoms with van der Waals surface area (Å²) < 4.78 is 7.03. The predicted molar refractivity (Wildman–Crippen MR) is 94.3 cm³/mol. The predicted octanol–water partition coefficient (Wildman–Crippen LogP) is 2.34. The molecule has 2 N–H and O–H groups in total. The number of carbonyl (C=O) groups is 1. The molecule has 0 unspecified atom stereocenters. The summed E-state index contributed by atoms with van der Waals surface area (Å²) in [5, 5.41) is 9.82. The fourth-order valence-electron chi connectivity index (χ4n) is 2.41. The van der Waals surface area contributed by atoms with E-state index in [4.69, 9.17) is 4.74 Å². The Morgan fingerprint density at radius 3 is 2.83 bits per heavy atom. The number of benzene rings is 1. The Hall–Kier alpha value is -2.54. The number of carbonyl (C=O) groups excluding carboxylic acids is 1. The van der Waals surface area contributed by atoms with Gasteiger partial charge >= 0.3 is 6.03 Å². The molecule has 1 atom stereocenters. The molecule has 1 aromatic carbocycles. The number of rotatable bonds is 7. The molecule has 1 heterocycles. The summed E-state index contributed by atoms with van der Waals surface area (Å²) in [5.74, 6) is 0.802. The Labute approximate surface area is 142 Å². The largest absolute Gasteiger partial charge is 0.497 e. The van der Waals surface area contributed by atoms with Crippen molar-refractivity contribution >= 4 is 11.7 Å². The molecule has 2 rings (SSSR count). The molecule has 0 saturated heterocycles. The van der Waals surface area contributed by atoms with E-state index < -0.39 is 0 Å². The summed E-state index contributed by atoms with van der Waals surface area (Å²) >= 11 is 0. The molecule has 0 aliphatic carbocycles. The number of hydrogen-bond acceptors (Lipinski definition) is 4. The van der Waals surface area contributed by atoms with Gasteiger partial charge in [0.05, 0.1) is 25.0 Å². The standard InChI is InChI=1S/C17H25N5O2/c1-5-22-12-14(10-19-22)20-17(23)18-11-16(21(2)3)13-7-6-8-15(9-13)24-4/h6-10,12,16H,5,11H2,1-4H3,(H2,18,20,23)/t16-/m0/s1. The van der Waals surface area contributed by atoms with E-state index in [1.165, 1.54) is 0 Å². The third kappa shape index (κ3) is 4.73. The third-order valence-electron chi connectivity index (χ3n) is 3.77. The van der Waals surface area contributed by atoms with Gasteiger partial charge in [0.15, 0.2) is 0 Å². The van der Waals surface area contributed by atoms with Gasteiger partial charge in [0.2, 0.25) is 0 Å². The lowest BCUT2D eigenvalue weighted by molar-refractivity contribution is 0.243. The summed E-state index contributed by atoms with van der Waals surface area (Å²) in [6, 6.07) is 7.66. The minimum Gasteiger partial charge on any atom is -0.497 e. The number of amides is 2. The van der Waals surface area contributed by atoms with Gasteiger partial charge in [-0.1, -0.05) is 12.1 Å². The van der Waals surface area contributed by atoms with Crippen molar-refractivity contribution in [2.75, 3.05) is 33.1 Å². The van der Waals surface area contributed by atoms with Gasteiger partial charge < -0.3 is 20.3 Å². The van der Waals surface area contributed by atoms with E-state index in [2.05, 4.69) is 20.6 Å². The maximum atomic E-state index is 12.1. The highest BCUT2D eigenvalue weighted by Crippen LogP contribution is 2.22. The zero-order valence-electron chi connectivity index (χ0n) is 14.6. The molecule has 24 heavy (non-hydrogen) atoms. The first-order valence-corrected chi connectivity index (χ1v) is 7.91. The number of hydrogen-bond donors (Lipinski definition) is 2. The van der Waals surface area contributed by atoms with Crippen molar-refractivity contribution in [2.24, 2.45) is 0 Å². The summed E-state index contributed by atoms with van der Waals surface area (Å²) in [7, 11) is 5.61. The first-order chi connectivity index (χ1) is 11.5. The fourth-order valence-corrected chi connectivity index (χ4v) is 2.41. The number of nitrogens with zero attached hydrogens (tertiary/aromatic N) is 3. The van der Waals surface area contributed by atoms with E-state index >= 15 is 0 Å². The van der Waals surface area contributed by atoms with Crippen LogP contribution in [0.4, 0.5) is 10.5 Å². The van der Waals surface area contributed by atoms with E-state index in [9.17, 15) is 4.79 Å². The van der Waals surface area contributed by atoms with Crippen molar-refractivity contribution in [1.29, 1.82) is 0 Å². The Balaban J connectivity index is 1.96. The van der Waals surface area contributed by atoms with E-state index in [-0.39, 0.29) is 12.1 Å². The molecule has 1 aromatic heterocycles. The van der Waals surface area contributed by atoms with Crippen LogP contribution in [0.25, 0.3) is 0 Å². The van der Waals surface area contributed by atoms with E-state index in [0.29, 0.717) is 12.2 Å². The molecular weight excluding hydrogens is 306 g/mol. The molecular formula is C17H25N5O2. The Morgan fingerprint density at radius 2 is 2.21 bits per heavy atom. The average Bonchev–Trinajstić information content (AvgIpc) is 3.02. The molecule has 0 fully saturated rings. The molecule has 0 spiro atoms. The Kier molecular flexibility index (Phi) is 6.20. The van der Waals surface area contributed by atoms with Crippen LogP contribution in [0.3, 0.4) is 0 Å². The van der Waals surface area contributed by atoms with Crippen LogP contribution in [-0.4, -0.2) is 48.5 Å². The number of urea groups is 1. The monoisotopic (exact) mass is 331 g/mol. The minimum absolute atomic E-state index is 0.0456. The molecule has 2 amide bonds. The van der Waals surface area contributed by atoms with Crippen LogP contribution < -0.4 is 15.4 Å². The highest BCUT2D eigenvalue weighted by atomic mass is 16.5. The minimum atomic E-state index is -0.250. The van der Waals surface area contributed by atoms with Crippen LogP contribution in [0, 0.1) is 0 Å². The smallest absolute Gasteiger partial charge is 0.319 e. The number of aromatic nitrogens is 2. The molecule has 130 valence electrons. The second kappa shape index (κ2) is 8.35. The van der Waals surface area contributed by atoms with Crippen molar-refractivity contribution in [1.82, 2.24) is 20.0 Å². The zero-order valence-corrected chi connectivity index (χ0v) is 14.6. The van der Waals surface area contributed by atoms with Crippen molar-refractivity contribution in [2.45, 2.75) is 19.5 Å². The quantitative estimate of drug-likeness (QED) is 0.817. The molecule has 0 radical (unpaired) electrons. The third-order valence-corrected chi connectivity index (χ3v) is 3.77. The number of aryl methyl sites for hydroxylation is 1. The number of ether oxygens (including phenoxy) is 1. The van der Waals surface area contributed by atoms with Crippen molar-refractivity contribution in [3.8, 4) is 5.75 Å². The lowest BCUT2D eigenvalue weighted by Gasteiger charge is -2.25.